The summed E-state index contributed by atoms with van der Waals surface area (Å²) in [4.78, 5) is 11.8. The summed E-state index contributed by atoms with van der Waals surface area (Å²) in [5.41, 5.74) is 6.51. The molecular weight excluding hydrogens is 292 g/mol. The van der Waals surface area contributed by atoms with E-state index in [9.17, 15) is 4.79 Å². The van der Waals surface area contributed by atoms with Gasteiger partial charge in [0.2, 0.25) is 5.91 Å². The quantitative estimate of drug-likeness (QED) is 0.844. The van der Waals surface area contributed by atoms with Crippen molar-refractivity contribution in [1.82, 2.24) is 0 Å². The zero-order valence-corrected chi connectivity index (χ0v) is 12.6. The highest BCUT2D eigenvalue weighted by atomic mass is 79.9. The highest BCUT2D eigenvalue weighted by Crippen LogP contribution is 2.26. The van der Waals surface area contributed by atoms with Crippen molar-refractivity contribution in [2.75, 3.05) is 11.9 Å². The van der Waals surface area contributed by atoms with Crippen LogP contribution in [-0.2, 0) is 4.79 Å². The van der Waals surface area contributed by atoms with Gasteiger partial charge in [-0.25, -0.2) is 0 Å². The van der Waals surface area contributed by atoms with Crippen molar-refractivity contribution in [3.8, 4) is 0 Å². The first-order valence-electron chi connectivity index (χ1n) is 6.18. The maximum atomic E-state index is 11.8. The van der Waals surface area contributed by atoms with E-state index in [1.807, 2.05) is 24.3 Å². The van der Waals surface area contributed by atoms with Gasteiger partial charge in [-0.1, -0.05) is 35.8 Å². The van der Waals surface area contributed by atoms with Gasteiger partial charge in [0.25, 0.3) is 0 Å². The van der Waals surface area contributed by atoms with Crippen molar-refractivity contribution in [2.24, 2.45) is 11.1 Å². The van der Waals surface area contributed by atoms with Crippen molar-refractivity contribution in [1.29, 1.82) is 0 Å². The second kappa shape index (κ2) is 6.90. The Bertz CT molecular complexity index is 405. The van der Waals surface area contributed by atoms with E-state index in [2.05, 4.69) is 35.1 Å². The van der Waals surface area contributed by atoms with Crippen molar-refractivity contribution < 1.29 is 4.79 Å². The molecule has 0 aliphatic heterocycles. The molecule has 0 aliphatic carbocycles. The van der Waals surface area contributed by atoms with Crippen LogP contribution in [0.25, 0.3) is 0 Å². The molecule has 1 amide bonds. The lowest BCUT2D eigenvalue weighted by atomic mass is 9.84. The molecule has 1 aromatic rings. The van der Waals surface area contributed by atoms with Crippen LogP contribution in [0.15, 0.2) is 28.7 Å². The lowest BCUT2D eigenvalue weighted by molar-refractivity contribution is -0.116. The highest BCUT2D eigenvalue weighted by molar-refractivity contribution is 9.10. The number of carbonyl (C=O) groups is 1. The van der Waals surface area contributed by atoms with Crippen LogP contribution < -0.4 is 11.1 Å². The summed E-state index contributed by atoms with van der Waals surface area (Å²) in [6.07, 6.45) is 2.32. The van der Waals surface area contributed by atoms with Crippen LogP contribution in [0.4, 0.5) is 5.69 Å². The van der Waals surface area contributed by atoms with Crippen molar-refractivity contribution in [3.05, 3.63) is 28.7 Å². The van der Waals surface area contributed by atoms with Crippen LogP contribution in [-0.4, -0.2) is 12.5 Å². The minimum atomic E-state index is 0.0539. The van der Waals surface area contributed by atoms with Gasteiger partial charge in [-0.3, -0.25) is 4.79 Å². The zero-order valence-electron chi connectivity index (χ0n) is 11.0. The average molecular weight is 313 g/mol. The van der Waals surface area contributed by atoms with Gasteiger partial charge >= 0.3 is 0 Å². The van der Waals surface area contributed by atoms with Gasteiger partial charge in [0.15, 0.2) is 0 Å². The Kier molecular flexibility index (Phi) is 5.82. The molecule has 4 heteroatoms. The molecular formula is C14H21BrN2O. The number of benzene rings is 1. The van der Waals surface area contributed by atoms with Gasteiger partial charge < -0.3 is 11.1 Å². The molecule has 1 rings (SSSR count). The summed E-state index contributed by atoms with van der Waals surface area (Å²) in [6.45, 7) is 4.96. The van der Waals surface area contributed by atoms with Crippen LogP contribution in [0.1, 0.15) is 33.1 Å². The van der Waals surface area contributed by atoms with Gasteiger partial charge in [0.05, 0.1) is 0 Å². The zero-order chi connectivity index (χ0) is 13.6. The predicted molar refractivity (Wildman–Crippen MR) is 79.5 cm³/mol. The summed E-state index contributed by atoms with van der Waals surface area (Å²) < 4.78 is 0.962. The summed E-state index contributed by atoms with van der Waals surface area (Å²) in [7, 11) is 0. The van der Waals surface area contributed by atoms with Gasteiger partial charge in [0.1, 0.15) is 0 Å². The van der Waals surface area contributed by atoms with Gasteiger partial charge in [0, 0.05) is 16.6 Å². The maximum absolute atomic E-state index is 11.8. The van der Waals surface area contributed by atoms with Crippen molar-refractivity contribution in [3.63, 3.8) is 0 Å². The molecule has 0 fully saturated rings. The first kappa shape index (κ1) is 15.2. The lowest BCUT2D eigenvalue weighted by Gasteiger charge is -2.23. The van der Waals surface area contributed by atoms with Gasteiger partial charge in [-0.15, -0.1) is 0 Å². The van der Waals surface area contributed by atoms with Crippen LogP contribution in [0.5, 0.6) is 0 Å². The molecule has 0 bridgehead atoms. The van der Waals surface area contributed by atoms with Crippen LogP contribution >= 0.6 is 15.9 Å². The van der Waals surface area contributed by atoms with Crippen molar-refractivity contribution >= 4 is 27.5 Å². The largest absolute Gasteiger partial charge is 0.330 e. The number of amides is 1. The van der Waals surface area contributed by atoms with Crippen LogP contribution in [0.2, 0.25) is 0 Å². The lowest BCUT2D eigenvalue weighted by Crippen LogP contribution is -2.20. The number of anilines is 1. The fourth-order valence-corrected chi connectivity index (χ4v) is 2.16. The number of halogens is 1. The number of hydrogen-bond acceptors (Lipinski definition) is 2. The summed E-state index contributed by atoms with van der Waals surface area (Å²) in [6, 6.07) is 7.61. The van der Waals surface area contributed by atoms with Crippen LogP contribution in [0.3, 0.4) is 0 Å². The SMILES string of the molecule is CC(C)(CCN)CCC(=O)Nc1cccc(Br)c1. The first-order valence-corrected chi connectivity index (χ1v) is 6.98. The fourth-order valence-electron chi connectivity index (χ4n) is 1.76. The molecule has 0 heterocycles. The summed E-state index contributed by atoms with van der Waals surface area (Å²) in [5.74, 6) is 0.0539. The fraction of sp³-hybridized carbons (Fsp3) is 0.500. The number of nitrogens with one attached hydrogen (secondary N) is 1. The molecule has 0 unspecified atom stereocenters. The minimum Gasteiger partial charge on any atom is -0.330 e. The molecule has 18 heavy (non-hydrogen) atoms. The molecule has 0 saturated carbocycles. The highest BCUT2D eigenvalue weighted by Gasteiger charge is 2.18. The van der Waals surface area contributed by atoms with E-state index in [-0.39, 0.29) is 11.3 Å². The molecule has 0 saturated heterocycles. The van der Waals surface area contributed by atoms with Crippen LogP contribution in [0, 0.1) is 5.41 Å². The smallest absolute Gasteiger partial charge is 0.224 e. The normalized spacial score (nSPS) is 11.3. The van der Waals surface area contributed by atoms with Crippen molar-refractivity contribution in [2.45, 2.75) is 33.1 Å². The van der Waals surface area contributed by atoms with E-state index >= 15 is 0 Å². The first-order chi connectivity index (χ1) is 8.43. The Balaban J connectivity index is 2.43. The average Bonchev–Trinajstić information content (AvgIpc) is 2.26. The van der Waals surface area contributed by atoms with E-state index in [1.54, 1.807) is 0 Å². The maximum Gasteiger partial charge on any atom is 0.224 e. The molecule has 0 aliphatic rings. The molecule has 3 N–H and O–H groups in total. The second-order valence-electron chi connectivity index (χ2n) is 5.26. The third-order valence-corrected chi connectivity index (χ3v) is 3.45. The molecule has 0 atom stereocenters. The third kappa shape index (κ3) is 5.65. The minimum absolute atomic E-state index is 0.0539. The Labute approximate surface area is 117 Å². The van der Waals surface area contributed by atoms with E-state index < -0.39 is 0 Å². The number of carbonyl (C=O) groups excluding carboxylic acids is 1. The standard InChI is InChI=1S/C14H21BrN2O/c1-14(2,8-9-16)7-6-13(18)17-12-5-3-4-11(15)10-12/h3-5,10H,6-9,16H2,1-2H3,(H,17,18). The van der Waals surface area contributed by atoms with E-state index in [1.165, 1.54) is 0 Å². The molecule has 1 aromatic carbocycles. The molecule has 3 nitrogen and oxygen atoms in total. The van der Waals surface area contributed by atoms with E-state index in [4.69, 9.17) is 5.73 Å². The second-order valence-corrected chi connectivity index (χ2v) is 6.18. The Morgan fingerprint density at radius 1 is 1.39 bits per heavy atom. The third-order valence-electron chi connectivity index (χ3n) is 2.96. The Hall–Kier alpha value is -0.870. The number of nitrogens with two attached hydrogens (primary N) is 1. The monoisotopic (exact) mass is 312 g/mol. The Morgan fingerprint density at radius 3 is 2.72 bits per heavy atom. The number of rotatable bonds is 6. The molecule has 0 radical (unpaired) electrons. The predicted octanol–water partition coefficient (Wildman–Crippen LogP) is 3.54. The topological polar surface area (TPSA) is 55.1 Å². The van der Waals surface area contributed by atoms with Gasteiger partial charge in [-0.2, -0.15) is 0 Å². The van der Waals surface area contributed by atoms with E-state index in [0.29, 0.717) is 13.0 Å². The summed E-state index contributed by atoms with van der Waals surface area (Å²) >= 11 is 3.38. The molecule has 0 spiro atoms. The summed E-state index contributed by atoms with van der Waals surface area (Å²) in [5, 5.41) is 2.90. The van der Waals surface area contributed by atoms with E-state index in [0.717, 1.165) is 23.0 Å². The van der Waals surface area contributed by atoms with Gasteiger partial charge in [-0.05, 0) is 43.0 Å². The number of hydrogen-bond donors (Lipinski definition) is 2. The molecule has 100 valence electrons. The Morgan fingerprint density at radius 2 is 2.11 bits per heavy atom. The molecule has 0 aromatic heterocycles.